The summed E-state index contributed by atoms with van der Waals surface area (Å²) in [7, 11) is 1.60. The number of hydrogen-bond acceptors (Lipinski definition) is 4. The lowest BCUT2D eigenvalue weighted by Crippen LogP contribution is -2.30. The average molecular weight is 220 g/mol. The van der Waals surface area contributed by atoms with E-state index < -0.39 is 12.0 Å². The summed E-state index contributed by atoms with van der Waals surface area (Å²) in [4.78, 5) is 21.7. The minimum atomic E-state index is -0.594. The van der Waals surface area contributed by atoms with Gasteiger partial charge in [0.05, 0.1) is 12.5 Å². The number of carbonyl (C=O) groups excluding carboxylic acids is 2. The van der Waals surface area contributed by atoms with Crippen molar-refractivity contribution in [1.82, 2.24) is 5.32 Å². The molecule has 4 heteroatoms. The monoisotopic (exact) mass is 220 g/mol. The molecule has 1 unspecified atom stereocenters. The summed E-state index contributed by atoms with van der Waals surface area (Å²) in [6.45, 7) is 0.231. The van der Waals surface area contributed by atoms with Gasteiger partial charge in [0.1, 0.15) is 6.61 Å². The molecule has 1 rings (SSSR count). The van der Waals surface area contributed by atoms with Crippen molar-refractivity contribution in [2.24, 2.45) is 0 Å². The van der Waals surface area contributed by atoms with Crippen molar-refractivity contribution < 1.29 is 14.3 Å². The molecule has 16 heavy (non-hydrogen) atoms. The van der Waals surface area contributed by atoms with Crippen LogP contribution >= 0.6 is 0 Å². The van der Waals surface area contributed by atoms with Crippen LogP contribution < -0.4 is 5.32 Å². The Hall–Kier alpha value is -1.68. The van der Waals surface area contributed by atoms with Crippen molar-refractivity contribution in [2.75, 3.05) is 7.05 Å². The van der Waals surface area contributed by atoms with Crippen molar-refractivity contribution in [1.29, 1.82) is 0 Å². The van der Waals surface area contributed by atoms with Crippen LogP contribution in [-0.4, -0.2) is 25.3 Å². The van der Waals surface area contributed by atoms with Gasteiger partial charge in [-0.05, 0) is 12.6 Å². The summed E-state index contributed by atoms with van der Waals surface area (Å²) in [6, 6.07) is 8.79. The normalized spacial score (nSPS) is 11.8. The first-order valence-corrected chi connectivity index (χ1v) is 5.00. The van der Waals surface area contributed by atoms with E-state index in [0.29, 0.717) is 0 Å². The molecule has 85 valence electrons. The van der Waals surface area contributed by atoms with Gasteiger partial charge < -0.3 is 10.1 Å². The van der Waals surface area contributed by atoms with E-state index in [-0.39, 0.29) is 13.0 Å². The Morgan fingerprint density at radius 3 is 2.69 bits per heavy atom. The molecule has 1 aromatic carbocycles. The highest BCUT2D eigenvalue weighted by Crippen LogP contribution is 2.02. The van der Waals surface area contributed by atoms with Gasteiger partial charge >= 0.3 is 5.97 Å². The maximum Gasteiger partial charge on any atom is 0.308 e. The van der Waals surface area contributed by atoms with Crippen LogP contribution in [0.2, 0.25) is 0 Å². The number of nitrogens with one attached hydrogen (secondary N) is 1. The molecule has 0 saturated heterocycles. The Kier molecular flexibility index (Phi) is 5.22. The summed E-state index contributed by atoms with van der Waals surface area (Å²) in [5.74, 6) is -0.411. The summed E-state index contributed by atoms with van der Waals surface area (Å²) >= 11 is 0. The quantitative estimate of drug-likeness (QED) is 0.721. The Morgan fingerprint density at radius 2 is 2.12 bits per heavy atom. The minimum absolute atomic E-state index is 0.00678. The maximum atomic E-state index is 11.3. The third-order valence-electron chi connectivity index (χ3n) is 2.10. The van der Waals surface area contributed by atoms with E-state index >= 15 is 0 Å². The number of hydrogen-bond donors (Lipinski definition) is 1. The fourth-order valence-corrected chi connectivity index (χ4v) is 1.17. The molecule has 0 heterocycles. The largest absolute Gasteiger partial charge is 0.461 e. The van der Waals surface area contributed by atoms with Crippen LogP contribution in [-0.2, 0) is 20.9 Å². The number of carbonyl (C=O) groups is 1. The van der Waals surface area contributed by atoms with E-state index in [4.69, 9.17) is 4.74 Å². The van der Waals surface area contributed by atoms with Crippen LogP contribution in [0.4, 0.5) is 0 Å². The smallest absolute Gasteiger partial charge is 0.308 e. The van der Waals surface area contributed by atoms with Crippen LogP contribution in [0.15, 0.2) is 30.3 Å². The lowest BCUT2D eigenvalue weighted by atomic mass is 10.2. The molecular weight excluding hydrogens is 206 g/mol. The number of likely N-dealkylation sites (N-methyl/N-ethyl adjacent to an activating group) is 1. The van der Waals surface area contributed by atoms with Gasteiger partial charge in [0.25, 0.3) is 0 Å². The molecule has 0 aliphatic rings. The number of esters is 1. The molecule has 0 amide bonds. The molecule has 1 N–H and O–H groups in total. The molecule has 4 nitrogen and oxygen atoms in total. The van der Waals surface area contributed by atoms with Gasteiger partial charge in [0.15, 0.2) is 0 Å². The van der Waals surface area contributed by atoms with Gasteiger partial charge in [-0.2, -0.15) is 0 Å². The highest BCUT2D eigenvalue weighted by molar-refractivity contribution is 5.75. The second-order valence-electron chi connectivity index (χ2n) is 3.31. The average Bonchev–Trinajstić information content (AvgIpc) is 2.34. The van der Waals surface area contributed by atoms with Crippen LogP contribution in [0.25, 0.3) is 0 Å². The van der Waals surface area contributed by atoms with Gasteiger partial charge in [-0.3, -0.25) is 9.59 Å². The first-order valence-electron chi connectivity index (χ1n) is 5.00. The highest BCUT2D eigenvalue weighted by atomic mass is 16.5. The van der Waals surface area contributed by atoms with Crippen molar-refractivity contribution in [2.45, 2.75) is 19.1 Å². The molecule has 0 saturated carbocycles. The van der Waals surface area contributed by atoms with E-state index in [1.54, 1.807) is 13.3 Å². The summed E-state index contributed by atoms with van der Waals surface area (Å²) in [5.41, 5.74) is 0.923. The first-order chi connectivity index (χ1) is 7.76. The third kappa shape index (κ3) is 4.23. The Labute approximate surface area is 94.6 Å². The van der Waals surface area contributed by atoms with Crippen molar-refractivity contribution in [3.8, 4) is 0 Å². The molecule has 0 bridgehead atoms. The van der Waals surface area contributed by atoms with Gasteiger partial charge in [0, 0.05) is 0 Å². The predicted molar refractivity (Wildman–Crippen MR) is 59.4 cm³/mol. The molecule has 0 fully saturated rings. The SMILES string of the molecule is CNC([C]=O)CC(=O)OCc1ccccc1. The van der Waals surface area contributed by atoms with Crippen molar-refractivity contribution in [3.63, 3.8) is 0 Å². The zero-order chi connectivity index (χ0) is 11.8. The van der Waals surface area contributed by atoms with Crippen molar-refractivity contribution >= 4 is 12.3 Å². The van der Waals surface area contributed by atoms with Gasteiger partial charge in [-0.25, -0.2) is 0 Å². The molecule has 1 atom stereocenters. The second kappa shape index (κ2) is 6.74. The topological polar surface area (TPSA) is 55.4 Å². The number of rotatable bonds is 6. The van der Waals surface area contributed by atoms with E-state index in [1.165, 1.54) is 0 Å². The maximum absolute atomic E-state index is 11.3. The standard InChI is InChI=1S/C12H14NO3/c1-13-11(8-14)7-12(15)16-9-10-5-3-2-4-6-10/h2-6,11,13H,7,9H2,1H3. The molecule has 0 aliphatic heterocycles. The van der Waals surface area contributed by atoms with E-state index in [9.17, 15) is 9.59 Å². The Balaban J connectivity index is 2.33. The fraction of sp³-hybridized carbons (Fsp3) is 0.333. The second-order valence-corrected chi connectivity index (χ2v) is 3.31. The summed E-state index contributed by atoms with van der Waals surface area (Å²) in [5, 5.41) is 2.66. The molecular formula is C12H14NO3. The van der Waals surface area contributed by atoms with Crippen LogP contribution in [0.1, 0.15) is 12.0 Å². The van der Waals surface area contributed by atoms with Crippen molar-refractivity contribution in [3.05, 3.63) is 35.9 Å². The third-order valence-corrected chi connectivity index (χ3v) is 2.10. The van der Waals surface area contributed by atoms with Gasteiger partial charge in [-0.15, -0.1) is 0 Å². The zero-order valence-electron chi connectivity index (χ0n) is 9.10. The Bertz CT molecular complexity index is 337. The lowest BCUT2D eigenvalue weighted by Gasteiger charge is -2.08. The number of benzene rings is 1. The minimum Gasteiger partial charge on any atom is -0.461 e. The molecule has 1 aromatic rings. The van der Waals surface area contributed by atoms with Crippen LogP contribution in [0.3, 0.4) is 0 Å². The van der Waals surface area contributed by atoms with E-state index in [0.717, 1.165) is 5.56 Å². The van der Waals surface area contributed by atoms with E-state index in [1.807, 2.05) is 30.3 Å². The predicted octanol–water partition coefficient (Wildman–Crippen LogP) is 0.818. The first kappa shape index (κ1) is 12.4. The molecule has 0 aromatic heterocycles. The molecule has 1 radical (unpaired) electrons. The van der Waals surface area contributed by atoms with Gasteiger partial charge in [-0.1, -0.05) is 30.3 Å². The number of ether oxygens (including phenoxy) is 1. The molecule has 0 spiro atoms. The fourth-order valence-electron chi connectivity index (χ4n) is 1.17. The lowest BCUT2D eigenvalue weighted by molar-refractivity contribution is -0.145. The summed E-state index contributed by atoms with van der Waals surface area (Å²) < 4.78 is 5.00. The van der Waals surface area contributed by atoms with Crippen LogP contribution in [0, 0.1) is 0 Å². The highest BCUT2D eigenvalue weighted by Gasteiger charge is 2.12. The van der Waals surface area contributed by atoms with E-state index in [2.05, 4.69) is 5.32 Å². The van der Waals surface area contributed by atoms with Crippen LogP contribution in [0.5, 0.6) is 0 Å². The molecule has 0 aliphatic carbocycles. The Morgan fingerprint density at radius 1 is 1.44 bits per heavy atom. The van der Waals surface area contributed by atoms with Gasteiger partial charge in [0.2, 0.25) is 6.29 Å². The zero-order valence-corrected chi connectivity index (χ0v) is 9.10. The summed E-state index contributed by atoms with van der Waals surface area (Å²) in [6.07, 6.45) is 1.73.